The fourth-order valence-electron chi connectivity index (χ4n) is 4.00. The van der Waals surface area contributed by atoms with Gasteiger partial charge in [-0.05, 0) is 56.1 Å². The number of ether oxygens (including phenoxy) is 2. The maximum atomic E-state index is 14.4. The number of rotatable bonds is 19. The maximum absolute atomic E-state index is 14.4. The molecule has 0 spiro atoms. The summed E-state index contributed by atoms with van der Waals surface area (Å²) in [7, 11) is 0. The average Bonchev–Trinajstić information content (AvgIpc) is 2.76. The van der Waals surface area contributed by atoms with E-state index in [1.54, 1.807) is 6.08 Å². The lowest BCUT2D eigenvalue weighted by Crippen LogP contribution is -2.14. The normalized spacial score (nSPS) is 12.9. The molecule has 0 saturated heterocycles. The number of benzene rings is 1. The second-order valence-corrected chi connectivity index (χ2v) is 8.39. The molecule has 1 aromatic rings. The molecule has 2 nitrogen and oxygen atoms in total. The lowest BCUT2D eigenvalue weighted by molar-refractivity contribution is 0.212. The third kappa shape index (κ3) is 10.8. The van der Waals surface area contributed by atoms with Gasteiger partial charge in [-0.25, -0.2) is 0 Å². The van der Waals surface area contributed by atoms with Crippen LogP contribution in [0.2, 0.25) is 0 Å². The van der Waals surface area contributed by atoms with E-state index in [1.807, 2.05) is 6.08 Å². The number of unbranched alkanes of at least 4 members (excludes halogenated alkanes) is 1. The number of allylic oxidation sites excluding steroid dienone is 1. The van der Waals surface area contributed by atoms with Gasteiger partial charge in [0.25, 0.3) is 0 Å². The van der Waals surface area contributed by atoms with Gasteiger partial charge in [0, 0.05) is 0 Å². The van der Waals surface area contributed by atoms with Gasteiger partial charge in [0.05, 0.1) is 13.2 Å². The number of hydrogen-bond acceptors (Lipinski definition) is 2. The van der Waals surface area contributed by atoms with Crippen molar-refractivity contribution in [1.82, 2.24) is 0 Å². The Balaban J connectivity index is 2.56. The second-order valence-electron chi connectivity index (χ2n) is 8.39. The quantitative estimate of drug-likeness (QED) is 0.159. The summed E-state index contributed by atoms with van der Waals surface area (Å²) in [6.45, 7) is 12.5. The van der Waals surface area contributed by atoms with Crippen LogP contribution in [0, 0.1) is 23.5 Å². The molecule has 0 radical (unpaired) electrons. The Kier molecular flexibility index (Phi) is 14.7. The summed E-state index contributed by atoms with van der Waals surface area (Å²) in [6.07, 6.45) is 15.8. The van der Waals surface area contributed by atoms with Crippen LogP contribution in [0.4, 0.5) is 8.78 Å². The van der Waals surface area contributed by atoms with Crippen molar-refractivity contribution in [2.45, 2.75) is 84.5 Å². The van der Waals surface area contributed by atoms with E-state index in [9.17, 15) is 8.78 Å². The van der Waals surface area contributed by atoms with Gasteiger partial charge in [-0.1, -0.05) is 64.5 Å². The van der Waals surface area contributed by atoms with E-state index in [0.717, 1.165) is 38.0 Å². The Bertz CT molecular complexity index is 630. The van der Waals surface area contributed by atoms with Crippen molar-refractivity contribution in [2.75, 3.05) is 13.2 Å². The first kappa shape index (κ1) is 27.2. The summed E-state index contributed by atoms with van der Waals surface area (Å²) >= 11 is 0. The Morgan fingerprint density at radius 1 is 0.774 bits per heavy atom. The molecule has 0 amide bonds. The lowest BCUT2D eigenvalue weighted by atomic mass is 9.89. The first-order valence-corrected chi connectivity index (χ1v) is 12.0. The van der Waals surface area contributed by atoms with Crippen LogP contribution in [0.5, 0.6) is 11.5 Å². The van der Waals surface area contributed by atoms with Crippen LogP contribution in [-0.2, 0) is 0 Å². The fourth-order valence-corrected chi connectivity index (χ4v) is 4.00. The first-order valence-electron chi connectivity index (χ1n) is 12.0. The van der Waals surface area contributed by atoms with E-state index < -0.39 is 11.6 Å². The van der Waals surface area contributed by atoms with E-state index in [0.29, 0.717) is 18.9 Å². The molecule has 2 unspecified atom stereocenters. The Morgan fingerprint density at radius 2 is 1.32 bits per heavy atom. The van der Waals surface area contributed by atoms with E-state index in [4.69, 9.17) is 9.47 Å². The highest BCUT2D eigenvalue weighted by Crippen LogP contribution is 2.29. The summed E-state index contributed by atoms with van der Waals surface area (Å²) in [5, 5.41) is 0. The summed E-state index contributed by atoms with van der Waals surface area (Å²) in [6, 6.07) is 2.89. The monoisotopic (exact) mass is 436 g/mol. The zero-order valence-corrected chi connectivity index (χ0v) is 19.6. The molecule has 4 heteroatoms. The Labute approximate surface area is 188 Å². The molecule has 0 aliphatic carbocycles. The van der Waals surface area contributed by atoms with Crippen LogP contribution >= 0.6 is 0 Å². The minimum atomic E-state index is -0.990. The van der Waals surface area contributed by atoms with Crippen molar-refractivity contribution < 1.29 is 18.3 Å². The molecule has 0 saturated carbocycles. The third-order valence-corrected chi connectivity index (χ3v) is 5.70. The van der Waals surface area contributed by atoms with Crippen LogP contribution in [0.15, 0.2) is 37.4 Å². The van der Waals surface area contributed by atoms with Gasteiger partial charge in [-0.2, -0.15) is 8.78 Å². The van der Waals surface area contributed by atoms with E-state index in [1.165, 1.54) is 44.2 Å². The predicted molar refractivity (Wildman–Crippen MR) is 127 cm³/mol. The highest BCUT2D eigenvalue weighted by molar-refractivity contribution is 5.35. The second kappa shape index (κ2) is 16.8. The largest absolute Gasteiger partial charge is 0.490 e. The molecular weight excluding hydrogens is 394 g/mol. The van der Waals surface area contributed by atoms with Gasteiger partial charge in [-0.3, -0.25) is 0 Å². The Morgan fingerprint density at radius 3 is 1.94 bits per heavy atom. The van der Waals surface area contributed by atoms with Crippen LogP contribution in [0.3, 0.4) is 0 Å². The third-order valence-electron chi connectivity index (χ3n) is 5.70. The average molecular weight is 437 g/mol. The van der Waals surface area contributed by atoms with E-state index in [-0.39, 0.29) is 18.1 Å². The summed E-state index contributed by atoms with van der Waals surface area (Å²) in [4.78, 5) is 0. The van der Waals surface area contributed by atoms with Gasteiger partial charge >= 0.3 is 0 Å². The van der Waals surface area contributed by atoms with Crippen LogP contribution in [0.25, 0.3) is 0 Å². The van der Waals surface area contributed by atoms with Gasteiger partial charge in [-0.15, -0.1) is 13.2 Å². The van der Waals surface area contributed by atoms with Crippen molar-refractivity contribution in [2.24, 2.45) is 11.8 Å². The minimum absolute atomic E-state index is 0.0389. The molecule has 0 fully saturated rings. The number of hydrogen-bond donors (Lipinski definition) is 0. The van der Waals surface area contributed by atoms with Crippen molar-refractivity contribution in [1.29, 1.82) is 0 Å². The fraction of sp³-hybridized carbons (Fsp3) is 0.630. The predicted octanol–water partition coefficient (Wildman–Crippen LogP) is 8.66. The smallest absolute Gasteiger partial charge is 0.204 e. The van der Waals surface area contributed by atoms with Gasteiger partial charge in [0.15, 0.2) is 11.5 Å². The van der Waals surface area contributed by atoms with Crippen molar-refractivity contribution in [3.8, 4) is 11.5 Å². The molecule has 2 atom stereocenters. The summed E-state index contributed by atoms with van der Waals surface area (Å²) in [5.41, 5.74) is 0. The van der Waals surface area contributed by atoms with Crippen LogP contribution in [-0.4, -0.2) is 13.2 Å². The van der Waals surface area contributed by atoms with Gasteiger partial charge in [0.2, 0.25) is 11.6 Å². The topological polar surface area (TPSA) is 18.5 Å². The molecule has 0 heterocycles. The standard InChI is InChI=1S/C27H42F2O2/c1-5-9-11-15-22(13-7-3)16-12-17-23(14-8-4)21-31-25-19-18-24(26(28)27(25)29)30-20-10-6-2/h5-6,18-19,22-23H,1-2,7-17,20-21H2,3-4H3. The molecule has 176 valence electrons. The molecule has 0 bridgehead atoms. The van der Waals surface area contributed by atoms with Crippen molar-refractivity contribution >= 4 is 0 Å². The molecular formula is C27H42F2O2. The summed E-state index contributed by atoms with van der Waals surface area (Å²) < 4.78 is 39.6. The maximum Gasteiger partial charge on any atom is 0.204 e. The highest BCUT2D eigenvalue weighted by atomic mass is 19.2. The highest BCUT2D eigenvalue weighted by Gasteiger charge is 2.18. The molecule has 1 rings (SSSR count). The summed E-state index contributed by atoms with van der Waals surface area (Å²) in [5.74, 6) is -0.968. The zero-order valence-electron chi connectivity index (χ0n) is 19.6. The van der Waals surface area contributed by atoms with Gasteiger partial charge < -0.3 is 9.47 Å². The van der Waals surface area contributed by atoms with Crippen LogP contribution < -0.4 is 9.47 Å². The van der Waals surface area contributed by atoms with Crippen molar-refractivity contribution in [3.63, 3.8) is 0 Å². The van der Waals surface area contributed by atoms with E-state index in [2.05, 4.69) is 27.0 Å². The van der Waals surface area contributed by atoms with Crippen LogP contribution in [0.1, 0.15) is 84.5 Å². The van der Waals surface area contributed by atoms with Crippen molar-refractivity contribution in [3.05, 3.63) is 49.1 Å². The Hall–Kier alpha value is -1.84. The minimum Gasteiger partial charge on any atom is -0.490 e. The van der Waals surface area contributed by atoms with E-state index >= 15 is 0 Å². The lowest BCUT2D eigenvalue weighted by Gasteiger charge is -2.20. The number of halogens is 2. The molecule has 0 aliphatic heterocycles. The molecule has 0 aromatic heterocycles. The molecule has 1 aromatic carbocycles. The SMILES string of the molecule is C=CCCCC(CCC)CCCC(CCC)COc1ccc(OCCC=C)c(F)c1F. The molecule has 0 N–H and O–H groups in total. The zero-order chi connectivity index (χ0) is 22.9. The molecule has 31 heavy (non-hydrogen) atoms. The first-order chi connectivity index (χ1) is 15.1. The van der Waals surface area contributed by atoms with Gasteiger partial charge in [0.1, 0.15) is 0 Å². The molecule has 0 aliphatic rings.